The molecule has 3 aromatic rings. The van der Waals surface area contributed by atoms with Crippen molar-refractivity contribution in [3.05, 3.63) is 65.0 Å². The number of carbonyl (C=O) groups excluding carboxylic acids is 1. The summed E-state index contributed by atoms with van der Waals surface area (Å²) in [7, 11) is 0. The zero-order chi connectivity index (χ0) is 20.9. The Kier molecular flexibility index (Phi) is 6.27. The SMILES string of the molecule is O=C(CCSc1c(=O)o[nH][n+]1-c1ccccc1)Nc1ccccc1OC(F)(F)F. The second-order valence-electron chi connectivity index (χ2n) is 5.65. The molecule has 1 amide bonds. The van der Waals surface area contributed by atoms with Gasteiger partial charge in [-0.25, -0.2) is 4.79 Å². The van der Waals surface area contributed by atoms with Crippen LogP contribution < -0.4 is 20.4 Å². The van der Waals surface area contributed by atoms with Crippen molar-refractivity contribution in [1.82, 2.24) is 5.27 Å². The first-order valence-corrected chi connectivity index (χ1v) is 9.28. The third-order valence-electron chi connectivity index (χ3n) is 3.58. The second-order valence-corrected chi connectivity index (χ2v) is 6.73. The van der Waals surface area contributed by atoms with E-state index in [-0.39, 0.29) is 22.9 Å². The molecule has 7 nitrogen and oxygen atoms in total. The number of thioether (sulfide) groups is 1. The predicted molar refractivity (Wildman–Crippen MR) is 98.0 cm³/mol. The van der Waals surface area contributed by atoms with Crippen molar-refractivity contribution in [3.8, 4) is 11.4 Å². The van der Waals surface area contributed by atoms with Crippen LogP contribution >= 0.6 is 11.8 Å². The molecule has 0 bridgehead atoms. The maximum absolute atomic E-state index is 12.5. The number of nitrogens with zero attached hydrogens (tertiary/aromatic N) is 1. The Hall–Kier alpha value is -3.21. The molecule has 0 aliphatic heterocycles. The molecule has 11 heteroatoms. The lowest BCUT2D eigenvalue weighted by Crippen LogP contribution is -2.36. The van der Waals surface area contributed by atoms with Crippen molar-refractivity contribution >= 4 is 23.4 Å². The second kappa shape index (κ2) is 8.86. The summed E-state index contributed by atoms with van der Waals surface area (Å²) in [6.45, 7) is 0. The number of halogens is 3. The fourth-order valence-electron chi connectivity index (χ4n) is 2.37. The number of ether oxygens (including phenoxy) is 1. The van der Waals surface area contributed by atoms with E-state index in [2.05, 4.69) is 15.3 Å². The van der Waals surface area contributed by atoms with Gasteiger partial charge in [0, 0.05) is 24.3 Å². The smallest absolute Gasteiger partial charge is 0.404 e. The summed E-state index contributed by atoms with van der Waals surface area (Å²) in [6, 6.07) is 14.2. The Morgan fingerprint density at radius 3 is 2.55 bits per heavy atom. The fourth-order valence-corrected chi connectivity index (χ4v) is 3.28. The monoisotopic (exact) mass is 426 g/mol. The van der Waals surface area contributed by atoms with E-state index in [9.17, 15) is 22.8 Å². The lowest BCUT2D eigenvalue weighted by molar-refractivity contribution is -0.704. The molecule has 1 aromatic heterocycles. The summed E-state index contributed by atoms with van der Waals surface area (Å²) >= 11 is 1.08. The van der Waals surface area contributed by atoms with Gasteiger partial charge in [-0.1, -0.05) is 30.3 Å². The van der Waals surface area contributed by atoms with Crippen LogP contribution in [0.5, 0.6) is 5.75 Å². The molecule has 0 saturated carbocycles. The van der Waals surface area contributed by atoms with Crippen molar-refractivity contribution in [2.75, 3.05) is 11.1 Å². The van der Waals surface area contributed by atoms with E-state index >= 15 is 0 Å². The molecule has 0 unspecified atom stereocenters. The first-order valence-electron chi connectivity index (χ1n) is 8.30. The number of H-pyrrole nitrogens is 1. The molecule has 152 valence electrons. The van der Waals surface area contributed by atoms with Crippen LogP contribution in [0.15, 0.2) is 68.9 Å². The first-order chi connectivity index (χ1) is 13.8. The summed E-state index contributed by atoms with van der Waals surface area (Å²) in [6.07, 6.45) is -4.92. The number of hydrogen-bond donors (Lipinski definition) is 2. The Morgan fingerprint density at radius 1 is 1.14 bits per heavy atom. The van der Waals surface area contributed by atoms with Crippen LogP contribution in [0.25, 0.3) is 5.69 Å². The molecule has 0 saturated heterocycles. The molecular formula is C18H15F3N3O4S+. The maximum atomic E-state index is 12.5. The minimum absolute atomic E-state index is 0.0512. The van der Waals surface area contributed by atoms with Gasteiger partial charge in [0.15, 0.2) is 5.75 Å². The summed E-state index contributed by atoms with van der Waals surface area (Å²) < 4.78 is 47.5. The third kappa shape index (κ3) is 5.64. The number of carbonyl (C=O) groups is 1. The number of aromatic nitrogens is 2. The van der Waals surface area contributed by atoms with Crippen LogP contribution in [0.1, 0.15) is 6.42 Å². The molecule has 0 aliphatic rings. The quantitative estimate of drug-likeness (QED) is 0.447. The summed E-state index contributed by atoms with van der Waals surface area (Å²) in [5.41, 5.74) is -0.0213. The number of rotatable bonds is 7. The highest BCUT2D eigenvalue weighted by atomic mass is 32.2. The van der Waals surface area contributed by atoms with E-state index in [1.807, 2.05) is 6.07 Å². The largest absolute Gasteiger partial charge is 0.573 e. The van der Waals surface area contributed by atoms with Gasteiger partial charge in [-0.05, 0) is 33.8 Å². The van der Waals surface area contributed by atoms with Crippen LogP contribution in [0.3, 0.4) is 0 Å². The number of para-hydroxylation sites is 3. The average Bonchev–Trinajstić information content (AvgIpc) is 3.04. The lowest BCUT2D eigenvalue weighted by atomic mass is 10.3. The normalized spacial score (nSPS) is 11.3. The molecule has 2 aromatic carbocycles. The highest BCUT2D eigenvalue weighted by Crippen LogP contribution is 2.30. The molecule has 0 spiro atoms. The van der Waals surface area contributed by atoms with E-state index in [1.165, 1.54) is 22.9 Å². The van der Waals surface area contributed by atoms with Gasteiger partial charge in [0.1, 0.15) is 0 Å². The number of benzene rings is 2. The van der Waals surface area contributed by atoms with Crippen LogP contribution in [-0.4, -0.2) is 23.3 Å². The van der Waals surface area contributed by atoms with E-state index in [1.54, 1.807) is 24.3 Å². The Morgan fingerprint density at radius 2 is 1.83 bits per heavy atom. The van der Waals surface area contributed by atoms with Gasteiger partial charge in [0.25, 0.3) is 0 Å². The minimum atomic E-state index is -4.87. The lowest BCUT2D eigenvalue weighted by Gasteiger charge is -2.13. The zero-order valence-electron chi connectivity index (χ0n) is 14.7. The Bertz CT molecular complexity index is 1030. The number of alkyl halides is 3. The molecule has 3 rings (SSSR count). The van der Waals surface area contributed by atoms with Crippen LogP contribution in [0.2, 0.25) is 0 Å². The van der Waals surface area contributed by atoms with Gasteiger partial charge in [-0.15, -0.1) is 13.2 Å². The van der Waals surface area contributed by atoms with Crippen molar-refractivity contribution in [2.45, 2.75) is 17.8 Å². The van der Waals surface area contributed by atoms with Crippen molar-refractivity contribution in [3.63, 3.8) is 0 Å². The van der Waals surface area contributed by atoms with Crippen molar-refractivity contribution < 1.29 is 31.9 Å². The predicted octanol–water partition coefficient (Wildman–Crippen LogP) is 3.26. The number of nitrogens with one attached hydrogen (secondary N) is 2. The van der Waals surface area contributed by atoms with E-state index in [0.717, 1.165) is 17.8 Å². The van der Waals surface area contributed by atoms with Crippen molar-refractivity contribution in [1.29, 1.82) is 0 Å². The number of amides is 1. The Balaban J connectivity index is 1.61. The Labute approximate surface area is 166 Å². The number of aromatic amines is 1. The van der Waals surface area contributed by atoms with Crippen LogP contribution in [-0.2, 0) is 4.79 Å². The zero-order valence-corrected chi connectivity index (χ0v) is 15.5. The molecule has 0 radical (unpaired) electrons. The highest BCUT2D eigenvalue weighted by molar-refractivity contribution is 7.99. The molecule has 2 N–H and O–H groups in total. The van der Waals surface area contributed by atoms with Gasteiger partial charge in [-0.3, -0.25) is 9.32 Å². The summed E-state index contributed by atoms with van der Waals surface area (Å²) in [4.78, 5) is 24.0. The molecule has 1 heterocycles. The van der Waals surface area contributed by atoms with Gasteiger partial charge in [0.2, 0.25) is 11.6 Å². The first kappa shape index (κ1) is 20.5. The molecule has 0 atom stereocenters. The number of hydrogen-bond acceptors (Lipinski definition) is 5. The molecule has 0 aliphatic carbocycles. The van der Waals surface area contributed by atoms with Crippen LogP contribution in [0.4, 0.5) is 18.9 Å². The minimum Gasteiger partial charge on any atom is -0.404 e. The van der Waals surface area contributed by atoms with Gasteiger partial charge < -0.3 is 10.1 Å². The fraction of sp³-hybridized carbons (Fsp3) is 0.167. The van der Waals surface area contributed by atoms with Gasteiger partial charge in [0.05, 0.1) is 5.69 Å². The van der Waals surface area contributed by atoms with Crippen LogP contribution in [0, 0.1) is 0 Å². The van der Waals surface area contributed by atoms with E-state index in [0.29, 0.717) is 5.69 Å². The van der Waals surface area contributed by atoms with Crippen molar-refractivity contribution in [2.24, 2.45) is 0 Å². The summed E-state index contributed by atoms with van der Waals surface area (Å²) in [5, 5.41) is 5.10. The standard InChI is InChI=1S/C18H14F3N3O4S/c19-18(20,21)27-14-9-5-4-8-13(14)22-15(25)10-11-29-16-17(26)28-23-24(16)12-6-2-1-3-7-12/h1-9H,10-11H2,(H-,22,23,25,26)/p+1. The summed E-state index contributed by atoms with van der Waals surface area (Å²) in [5.74, 6) is -0.833. The third-order valence-corrected chi connectivity index (χ3v) is 4.61. The average molecular weight is 426 g/mol. The van der Waals surface area contributed by atoms with Gasteiger partial charge >= 0.3 is 17.0 Å². The van der Waals surface area contributed by atoms with E-state index in [4.69, 9.17) is 4.52 Å². The molecular weight excluding hydrogens is 411 g/mol. The highest BCUT2D eigenvalue weighted by Gasteiger charge is 2.32. The van der Waals surface area contributed by atoms with E-state index < -0.39 is 23.6 Å². The van der Waals surface area contributed by atoms with Gasteiger partial charge in [-0.2, -0.15) is 0 Å². The molecule has 29 heavy (non-hydrogen) atoms. The maximum Gasteiger partial charge on any atom is 0.573 e. The molecule has 0 fully saturated rings. The topological polar surface area (TPSA) is 88.2 Å². The number of anilines is 1.